The second-order valence-electron chi connectivity index (χ2n) is 7.35. The Morgan fingerprint density at radius 1 is 1.20 bits per heavy atom. The number of likely N-dealkylation sites (N-methyl/N-ethyl adjacent to an activating group) is 1. The van der Waals surface area contributed by atoms with E-state index in [9.17, 15) is 4.79 Å². The average molecular weight is 477 g/mol. The predicted molar refractivity (Wildman–Crippen MR) is 120 cm³/mol. The van der Waals surface area contributed by atoms with Crippen molar-refractivity contribution < 1.29 is 19.0 Å². The Labute approximate surface area is 186 Å². The van der Waals surface area contributed by atoms with E-state index >= 15 is 0 Å². The molecule has 0 aromatic heterocycles. The second-order valence-corrected chi connectivity index (χ2v) is 8.20. The third-order valence-electron chi connectivity index (χ3n) is 5.30. The van der Waals surface area contributed by atoms with Crippen LogP contribution in [0, 0.1) is 0 Å². The monoisotopic (exact) mass is 476 g/mol. The van der Waals surface area contributed by atoms with E-state index in [2.05, 4.69) is 33.2 Å². The minimum Gasteiger partial charge on any atom is -0.497 e. The largest absolute Gasteiger partial charge is 0.497 e. The summed E-state index contributed by atoms with van der Waals surface area (Å²) < 4.78 is 17.3. The van der Waals surface area contributed by atoms with Gasteiger partial charge in [-0.05, 0) is 71.7 Å². The Morgan fingerprint density at radius 3 is 2.77 bits per heavy atom. The van der Waals surface area contributed by atoms with Gasteiger partial charge in [0, 0.05) is 36.8 Å². The summed E-state index contributed by atoms with van der Waals surface area (Å²) >= 11 is 3.42. The van der Waals surface area contributed by atoms with Crippen molar-refractivity contribution in [2.75, 3.05) is 40.5 Å². The number of benzene rings is 2. The summed E-state index contributed by atoms with van der Waals surface area (Å²) in [6.45, 7) is 3.60. The first-order valence-corrected chi connectivity index (χ1v) is 11.0. The summed E-state index contributed by atoms with van der Waals surface area (Å²) in [7, 11) is 3.72. The minimum absolute atomic E-state index is 0.162. The lowest BCUT2D eigenvalue weighted by molar-refractivity contribution is 0.0392. The molecule has 0 aliphatic carbocycles. The van der Waals surface area contributed by atoms with Crippen LogP contribution in [-0.4, -0.2) is 57.4 Å². The van der Waals surface area contributed by atoms with Gasteiger partial charge in [-0.2, -0.15) is 0 Å². The molecule has 0 saturated carbocycles. The number of carbonyl (C=O) groups excluding carboxylic acids is 1. The number of nitrogens with zero attached hydrogens (tertiary/aromatic N) is 1. The molecule has 1 amide bonds. The maximum atomic E-state index is 12.5. The van der Waals surface area contributed by atoms with E-state index in [0.717, 1.165) is 48.4 Å². The number of amides is 1. The van der Waals surface area contributed by atoms with Crippen molar-refractivity contribution in [2.24, 2.45) is 0 Å². The Hall–Kier alpha value is -2.09. The van der Waals surface area contributed by atoms with Gasteiger partial charge in [-0.25, -0.2) is 0 Å². The van der Waals surface area contributed by atoms with Gasteiger partial charge in [0.1, 0.15) is 18.1 Å². The molecule has 1 aliphatic heterocycles. The Kier molecular flexibility index (Phi) is 8.54. The predicted octanol–water partition coefficient (Wildman–Crippen LogP) is 3.88. The fourth-order valence-electron chi connectivity index (χ4n) is 3.44. The molecule has 0 radical (unpaired) electrons. The fourth-order valence-corrected chi connectivity index (χ4v) is 3.87. The number of rotatable bonds is 9. The number of ether oxygens (including phenoxy) is 3. The number of hydrogen-bond donors (Lipinski definition) is 1. The van der Waals surface area contributed by atoms with Crippen molar-refractivity contribution in [3.63, 3.8) is 0 Å². The maximum Gasteiger partial charge on any atom is 0.252 e. The molecule has 0 unspecified atom stereocenters. The normalized spacial score (nSPS) is 14.5. The van der Waals surface area contributed by atoms with Crippen LogP contribution in [0.4, 0.5) is 0 Å². The summed E-state index contributed by atoms with van der Waals surface area (Å²) in [5.74, 6) is 1.29. The van der Waals surface area contributed by atoms with E-state index in [0.29, 0.717) is 30.5 Å². The number of halogens is 1. The third-order valence-corrected chi connectivity index (χ3v) is 5.99. The third kappa shape index (κ3) is 6.45. The first-order chi connectivity index (χ1) is 14.6. The molecule has 162 valence electrons. The zero-order valence-electron chi connectivity index (χ0n) is 17.5. The maximum absolute atomic E-state index is 12.5. The van der Waals surface area contributed by atoms with Gasteiger partial charge < -0.3 is 19.5 Å². The van der Waals surface area contributed by atoms with Gasteiger partial charge >= 0.3 is 0 Å². The van der Waals surface area contributed by atoms with Gasteiger partial charge in [-0.15, -0.1) is 0 Å². The van der Waals surface area contributed by atoms with Crippen molar-refractivity contribution in [2.45, 2.75) is 25.4 Å². The van der Waals surface area contributed by atoms with Crippen LogP contribution in [0.15, 0.2) is 46.9 Å². The quantitative estimate of drug-likeness (QED) is 0.594. The SMILES string of the molecule is COc1ccc(Br)c(C(=O)NCc2cccc(OCCN(C)C3CCOCC3)c2)c1. The van der Waals surface area contributed by atoms with Crippen molar-refractivity contribution in [1.82, 2.24) is 10.2 Å². The standard InChI is InChI=1S/C23H29BrN2O4/c1-26(18-8-11-29-12-9-18)10-13-30-20-5-3-4-17(14-20)16-25-23(27)21-15-19(28-2)6-7-22(21)24/h3-7,14-15,18H,8-13,16H2,1-2H3,(H,25,27). The van der Waals surface area contributed by atoms with Crippen LogP contribution in [0.2, 0.25) is 0 Å². The molecular formula is C23H29BrN2O4. The Morgan fingerprint density at radius 2 is 2.00 bits per heavy atom. The molecule has 3 rings (SSSR count). The molecule has 2 aromatic carbocycles. The Bertz CT molecular complexity index is 840. The molecule has 30 heavy (non-hydrogen) atoms. The van der Waals surface area contributed by atoms with Gasteiger partial charge in [0.05, 0.1) is 12.7 Å². The van der Waals surface area contributed by atoms with Crippen LogP contribution in [0.25, 0.3) is 0 Å². The van der Waals surface area contributed by atoms with Crippen LogP contribution >= 0.6 is 15.9 Å². The number of hydrogen-bond acceptors (Lipinski definition) is 5. The molecular weight excluding hydrogens is 448 g/mol. The molecule has 0 atom stereocenters. The summed E-state index contributed by atoms with van der Waals surface area (Å²) in [5.41, 5.74) is 1.52. The van der Waals surface area contributed by atoms with Crippen molar-refractivity contribution in [1.29, 1.82) is 0 Å². The van der Waals surface area contributed by atoms with Crippen LogP contribution in [0.3, 0.4) is 0 Å². The highest BCUT2D eigenvalue weighted by molar-refractivity contribution is 9.10. The van der Waals surface area contributed by atoms with Gasteiger partial charge in [-0.1, -0.05) is 12.1 Å². The molecule has 1 fully saturated rings. The van der Waals surface area contributed by atoms with Gasteiger partial charge in [0.15, 0.2) is 0 Å². The first-order valence-electron chi connectivity index (χ1n) is 10.2. The first kappa shape index (κ1) is 22.6. The molecule has 0 bridgehead atoms. The molecule has 0 spiro atoms. The smallest absolute Gasteiger partial charge is 0.252 e. The molecule has 1 heterocycles. The lowest BCUT2D eigenvalue weighted by Crippen LogP contribution is -2.38. The molecule has 1 saturated heterocycles. The Balaban J connectivity index is 1.48. The summed E-state index contributed by atoms with van der Waals surface area (Å²) in [4.78, 5) is 14.9. The van der Waals surface area contributed by atoms with E-state index in [1.165, 1.54) is 0 Å². The van der Waals surface area contributed by atoms with Crippen LogP contribution in [0.5, 0.6) is 11.5 Å². The highest BCUT2D eigenvalue weighted by Gasteiger charge is 2.18. The summed E-state index contributed by atoms with van der Waals surface area (Å²) in [6.07, 6.45) is 2.16. The van der Waals surface area contributed by atoms with Crippen molar-refractivity contribution in [3.05, 3.63) is 58.1 Å². The van der Waals surface area contributed by atoms with E-state index < -0.39 is 0 Å². The number of nitrogens with one attached hydrogen (secondary N) is 1. The van der Waals surface area contributed by atoms with Crippen molar-refractivity contribution >= 4 is 21.8 Å². The minimum atomic E-state index is -0.162. The molecule has 2 aromatic rings. The zero-order chi connectivity index (χ0) is 21.3. The van der Waals surface area contributed by atoms with Crippen molar-refractivity contribution in [3.8, 4) is 11.5 Å². The molecule has 6 nitrogen and oxygen atoms in total. The zero-order valence-corrected chi connectivity index (χ0v) is 19.1. The van der Waals surface area contributed by atoms with Crippen LogP contribution in [0.1, 0.15) is 28.8 Å². The van der Waals surface area contributed by atoms with Crippen LogP contribution < -0.4 is 14.8 Å². The fraction of sp³-hybridized carbons (Fsp3) is 0.435. The van der Waals surface area contributed by atoms with E-state index in [1.807, 2.05) is 24.3 Å². The second kappa shape index (κ2) is 11.3. The molecule has 7 heteroatoms. The van der Waals surface area contributed by atoms with Gasteiger partial charge in [0.25, 0.3) is 5.91 Å². The number of carbonyl (C=O) groups is 1. The average Bonchev–Trinajstić information content (AvgIpc) is 2.78. The molecule has 1 aliphatic rings. The van der Waals surface area contributed by atoms with Gasteiger partial charge in [-0.3, -0.25) is 9.69 Å². The summed E-state index contributed by atoms with van der Waals surface area (Å²) in [5, 5.41) is 2.95. The van der Waals surface area contributed by atoms with E-state index in [-0.39, 0.29) is 5.91 Å². The highest BCUT2D eigenvalue weighted by Crippen LogP contribution is 2.22. The summed E-state index contributed by atoms with van der Waals surface area (Å²) in [6, 6.07) is 13.7. The van der Waals surface area contributed by atoms with Gasteiger partial charge in [0.2, 0.25) is 0 Å². The van der Waals surface area contributed by atoms with E-state index in [1.54, 1.807) is 25.3 Å². The topological polar surface area (TPSA) is 60.0 Å². The van der Waals surface area contributed by atoms with E-state index in [4.69, 9.17) is 14.2 Å². The van der Waals surface area contributed by atoms with Crippen LogP contribution in [-0.2, 0) is 11.3 Å². The molecule has 1 N–H and O–H groups in total. The lowest BCUT2D eigenvalue weighted by Gasteiger charge is -2.31. The highest BCUT2D eigenvalue weighted by atomic mass is 79.9. The lowest BCUT2D eigenvalue weighted by atomic mass is 10.1. The number of methoxy groups -OCH3 is 1.